The zero-order valence-electron chi connectivity index (χ0n) is 13.5. The van der Waals surface area contributed by atoms with Gasteiger partial charge in [0, 0.05) is 30.5 Å². The minimum atomic E-state index is -0.498. The minimum Gasteiger partial charge on any atom is -0.453 e. The quantitative estimate of drug-likeness (QED) is 0.556. The number of guanidine groups is 1. The van der Waals surface area contributed by atoms with E-state index in [1.54, 1.807) is 18.3 Å². The van der Waals surface area contributed by atoms with Crippen molar-refractivity contribution in [3.05, 3.63) is 59.9 Å². The lowest BCUT2D eigenvalue weighted by Crippen LogP contribution is -2.33. The summed E-state index contributed by atoms with van der Waals surface area (Å²) in [4.78, 5) is 19.6. The van der Waals surface area contributed by atoms with Crippen molar-refractivity contribution in [2.24, 2.45) is 10.7 Å². The molecule has 2 aromatic rings. The highest BCUT2D eigenvalue weighted by Gasteiger charge is 2.00. The number of nitrogens with two attached hydrogens (primary N) is 1. The molecule has 4 N–H and O–H groups in total. The third kappa shape index (κ3) is 5.96. The van der Waals surface area contributed by atoms with Crippen LogP contribution in [-0.4, -0.2) is 30.7 Å². The SMILES string of the molecule is COC(=O)Nc1ccc(CN=C(N)NCCc2ccccn2)cc1. The van der Waals surface area contributed by atoms with Gasteiger partial charge in [0.15, 0.2) is 5.96 Å². The van der Waals surface area contributed by atoms with Crippen molar-refractivity contribution in [3.63, 3.8) is 0 Å². The molecular formula is C17H21N5O2. The van der Waals surface area contributed by atoms with Crippen molar-refractivity contribution in [2.75, 3.05) is 19.0 Å². The number of methoxy groups -OCH3 is 1. The van der Waals surface area contributed by atoms with Crippen LogP contribution in [0.4, 0.5) is 10.5 Å². The van der Waals surface area contributed by atoms with Crippen molar-refractivity contribution in [3.8, 4) is 0 Å². The summed E-state index contributed by atoms with van der Waals surface area (Å²) in [6, 6.07) is 13.1. The number of pyridine rings is 1. The molecule has 0 saturated heterocycles. The van der Waals surface area contributed by atoms with Crippen LogP contribution in [-0.2, 0) is 17.7 Å². The highest BCUT2D eigenvalue weighted by Crippen LogP contribution is 2.10. The number of hydrogen-bond acceptors (Lipinski definition) is 4. The summed E-state index contributed by atoms with van der Waals surface area (Å²) in [5.74, 6) is 0.391. The molecule has 0 fully saturated rings. The zero-order chi connectivity index (χ0) is 17.2. The van der Waals surface area contributed by atoms with Crippen LogP contribution in [0.1, 0.15) is 11.3 Å². The summed E-state index contributed by atoms with van der Waals surface area (Å²) in [5, 5.41) is 5.65. The molecule has 0 aliphatic carbocycles. The number of carbonyl (C=O) groups excluding carboxylic acids is 1. The van der Waals surface area contributed by atoms with Gasteiger partial charge in [-0.1, -0.05) is 18.2 Å². The largest absolute Gasteiger partial charge is 0.453 e. The molecular weight excluding hydrogens is 306 g/mol. The van der Waals surface area contributed by atoms with Gasteiger partial charge in [-0.05, 0) is 29.8 Å². The first-order valence-corrected chi connectivity index (χ1v) is 7.55. The van der Waals surface area contributed by atoms with Gasteiger partial charge in [-0.15, -0.1) is 0 Å². The Morgan fingerprint density at radius 1 is 1.25 bits per heavy atom. The highest BCUT2D eigenvalue weighted by molar-refractivity contribution is 5.84. The number of benzene rings is 1. The molecule has 1 heterocycles. The number of aromatic nitrogens is 1. The van der Waals surface area contributed by atoms with E-state index in [0.717, 1.165) is 17.7 Å². The van der Waals surface area contributed by atoms with E-state index < -0.39 is 6.09 Å². The molecule has 1 aromatic heterocycles. The van der Waals surface area contributed by atoms with Gasteiger partial charge in [0.1, 0.15) is 0 Å². The fourth-order valence-electron chi connectivity index (χ4n) is 1.96. The van der Waals surface area contributed by atoms with Crippen molar-refractivity contribution < 1.29 is 9.53 Å². The van der Waals surface area contributed by atoms with Crippen LogP contribution in [0.2, 0.25) is 0 Å². The van der Waals surface area contributed by atoms with Crippen molar-refractivity contribution in [1.82, 2.24) is 10.3 Å². The van der Waals surface area contributed by atoms with Crippen LogP contribution in [0.15, 0.2) is 53.7 Å². The molecule has 0 saturated carbocycles. The second-order valence-electron chi connectivity index (χ2n) is 5.01. The molecule has 24 heavy (non-hydrogen) atoms. The summed E-state index contributed by atoms with van der Waals surface area (Å²) in [6.45, 7) is 1.13. The van der Waals surface area contributed by atoms with E-state index >= 15 is 0 Å². The number of carbonyl (C=O) groups is 1. The minimum absolute atomic E-state index is 0.391. The molecule has 0 radical (unpaired) electrons. The van der Waals surface area contributed by atoms with Crippen molar-refractivity contribution in [2.45, 2.75) is 13.0 Å². The molecule has 0 bridgehead atoms. The van der Waals surface area contributed by atoms with Crippen LogP contribution in [0.5, 0.6) is 0 Å². The van der Waals surface area contributed by atoms with Crippen LogP contribution >= 0.6 is 0 Å². The number of hydrogen-bond donors (Lipinski definition) is 3. The monoisotopic (exact) mass is 327 g/mol. The standard InChI is InChI=1S/C17H21N5O2/c1-24-17(23)22-15-7-5-13(6-8-15)12-21-16(18)20-11-9-14-4-2-3-10-19-14/h2-8,10H,9,11-12H2,1H3,(H,22,23)(H3,18,20,21). The average molecular weight is 327 g/mol. The molecule has 2 rings (SSSR count). The number of rotatable bonds is 6. The molecule has 0 spiro atoms. The van der Waals surface area contributed by atoms with Gasteiger partial charge in [-0.2, -0.15) is 0 Å². The normalized spacial score (nSPS) is 11.0. The second kappa shape index (κ2) is 9.14. The van der Waals surface area contributed by atoms with Crippen LogP contribution in [0.25, 0.3) is 0 Å². The molecule has 7 nitrogen and oxygen atoms in total. The Morgan fingerprint density at radius 2 is 2.04 bits per heavy atom. The lowest BCUT2D eigenvalue weighted by atomic mass is 10.2. The molecule has 1 amide bonds. The number of amides is 1. The summed E-state index contributed by atoms with van der Waals surface area (Å²) in [7, 11) is 1.32. The highest BCUT2D eigenvalue weighted by atomic mass is 16.5. The van der Waals surface area contributed by atoms with E-state index in [-0.39, 0.29) is 0 Å². The van der Waals surface area contributed by atoms with Crippen molar-refractivity contribution in [1.29, 1.82) is 0 Å². The topological polar surface area (TPSA) is 102 Å². The maximum atomic E-state index is 11.1. The van der Waals surface area contributed by atoms with E-state index in [2.05, 4.69) is 25.3 Å². The maximum Gasteiger partial charge on any atom is 0.411 e. The van der Waals surface area contributed by atoms with E-state index in [1.165, 1.54) is 7.11 Å². The lowest BCUT2D eigenvalue weighted by Gasteiger charge is -2.06. The van der Waals surface area contributed by atoms with Gasteiger partial charge >= 0.3 is 6.09 Å². The van der Waals surface area contributed by atoms with E-state index in [1.807, 2.05) is 30.3 Å². The Labute approximate surface area is 141 Å². The first-order valence-electron chi connectivity index (χ1n) is 7.55. The predicted molar refractivity (Wildman–Crippen MR) is 93.7 cm³/mol. The van der Waals surface area contributed by atoms with E-state index in [9.17, 15) is 4.79 Å². The summed E-state index contributed by atoms with van der Waals surface area (Å²) >= 11 is 0. The third-order valence-electron chi connectivity index (χ3n) is 3.23. The van der Waals surface area contributed by atoms with Gasteiger partial charge in [0.2, 0.25) is 0 Å². The molecule has 0 aliphatic heterocycles. The van der Waals surface area contributed by atoms with Crippen molar-refractivity contribution >= 4 is 17.7 Å². The predicted octanol–water partition coefficient (Wildman–Crippen LogP) is 1.91. The first kappa shape index (κ1) is 17.3. The Bertz CT molecular complexity index is 671. The average Bonchev–Trinajstić information content (AvgIpc) is 2.62. The molecule has 7 heteroatoms. The van der Waals surface area contributed by atoms with Gasteiger partial charge in [-0.3, -0.25) is 10.3 Å². The van der Waals surface area contributed by atoms with E-state index in [0.29, 0.717) is 24.7 Å². The van der Waals surface area contributed by atoms with Gasteiger partial charge in [0.25, 0.3) is 0 Å². The number of aliphatic imine (C=N–C) groups is 1. The number of ether oxygens (including phenoxy) is 1. The van der Waals surface area contributed by atoms with Crippen LogP contribution < -0.4 is 16.4 Å². The molecule has 0 aliphatic rings. The fourth-order valence-corrected chi connectivity index (χ4v) is 1.96. The van der Waals surface area contributed by atoms with Crippen LogP contribution in [0.3, 0.4) is 0 Å². The fraction of sp³-hybridized carbons (Fsp3) is 0.235. The Morgan fingerprint density at radius 3 is 2.71 bits per heavy atom. The maximum absolute atomic E-state index is 11.1. The van der Waals surface area contributed by atoms with Gasteiger partial charge in [0.05, 0.1) is 13.7 Å². The molecule has 1 aromatic carbocycles. The smallest absolute Gasteiger partial charge is 0.411 e. The zero-order valence-corrected chi connectivity index (χ0v) is 13.5. The molecule has 0 atom stereocenters. The molecule has 126 valence electrons. The lowest BCUT2D eigenvalue weighted by molar-refractivity contribution is 0.187. The number of anilines is 1. The number of nitrogens with zero attached hydrogens (tertiary/aromatic N) is 2. The van der Waals surface area contributed by atoms with E-state index in [4.69, 9.17) is 5.73 Å². The number of nitrogens with one attached hydrogen (secondary N) is 2. The van der Waals surface area contributed by atoms with Gasteiger partial charge < -0.3 is 15.8 Å². The second-order valence-corrected chi connectivity index (χ2v) is 5.01. The third-order valence-corrected chi connectivity index (χ3v) is 3.23. The molecule has 0 unspecified atom stereocenters. The summed E-state index contributed by atoms with van der Waals surface area (Å²) in [6.07, 6.45) is 2.05. The first-order chi connectivity index (χ1) is 11.7. The Hall–Kier alpha value is -3.09. The van der Waals surface area contributed by atoms with Crippen LogP contribution in [0, 0.1) is 0 Å². The Balaban J connectivity index is 1.76. The summed E-state index contributed by atoms with van der Waals surface area (Å²) in [5.41, 5.74) is 8.50. The summed E-state index contributed by atoms with van der Waals surface area (Å²) < 4.78 is 4.53. The van der Waals surface area contributed by atoms with Gasteiger partial charge in [-0.25, -0.2) is 9.79 Å². The Kier molecular flexibility index (Phi) is 6.58.